The number of benzene rings is 2. The number of rotatable bonds is 8. The number of amides is 2. The molecule has 0 unspecified atom stereocenters. The van der Waals surface area contributed by atoms with Crippen molar-refractivity contribution < 1.29 is 19.4 Å². The van der Waals surface area contributed by atoms with Crippen molar-refractivity contribution >= 4 is 17.5 Å². The van der Waals surface area contributed by atoms with E-state index in [9.17, 15) is 14.7 Å². The highest BCUT2D eigenvalue weighted by atomic mass is 16.5. The van der Waals surface area contributed by atoms with E-state index in [1.165, 1.54) is 5.56 Å². The van der Waals surface area contributed by atoms with E-state index in [0.717, 1.165) is 19.4 Å². The summed E-state index contributed by atoms with van der Waals surface area (Å²) in [5.41, 5.74) is 2.23. The lowest BCUT2D eigenvalue weighted by Gasteiger charge is -2.38. The Hall–Kier alpha value is -2.90. The lowest BCUT2D eigenvalue weighted by molar-refractivity contribution is -0.117. The molecule has 0 saturated heterocycles. The summed E-state index contributed by atoms with van der Waals surface area (Å²) in [5.74, 6) is 0.439. The second-order valence-electron chi connectivity index (χ2n) is 9.78. The fourth-order valence-corrected chi connectivity index (χ4v) is 4.37. The molecule has 1 heterocycles. The summed E-state index contributed by atoms with van der Waals surface area (Å²) >= 11 is 0. The number of nitrogens with zero attached hydrogens (tertiary/aromatic N) is 2. The maximum Gasteiger partial charge on any atom is 0.258 e. The molecule has 4 rings (SSSR count). The summed E-state index contributed by atoms with van der Waals surface area (Å²) in [7, 11) is 2.07. The molecule has 1 aliphatic heterocycles. The van der Waals surface area contributed by atoms with Crippen molar-refractivity contribution in [2.24, 2.45) is 11.8 Å². The molecule has 7 heteroatoms. The Kier molecular flexibility index (Phi) is 7.54. The van der Waals surface area contributed by atoms with Crippen LogP contribution in [0.5, 0.6) is 5.75 Å². The van der Waals surface area contributed by atoms with Crippen molar-refractivity contribution in [3.63, 3.8) is 0 Å². The molecule has 0 bridgehead atoms. The Morgan fingerprint density at radius 2 is 1.97 bits per heavy atom. The van der Waals surface area contributed by atoms with Gasteiger partial charge in [0.05, 0.1) is 18.2 Å². The van der Waals surface area contributed by atoms with Gasteiger partial charge in [0.25, 0.3) is 5.91 Å². The van der Waals surface area contributed by atoms with E-state index in [0.29, 0.717) is 30.1 Å². The second kappa shape index (κ2) is 10.6. The molecule has 1 fully saturated rings. The minimum Gasteiger partial charge on any atom is -0.488 e. The largest absolute Gasteiger partial charge is 0.488 e. The molecule has 1 aliphatic carbocycles. The van der Waals surface area contributed by atoms with Crippen molar-refractivity contribution in [1.29, 1.82) is 0 Å². The van der Waals surface area contributed by atoms with E-state index >= 15 is 0 Å². The third kappa shape index (κ3) is 5.77. The summed E-state index contributed by atoms with van der Waals surface area (Å²) in [6, 6.07) is 15.2. The van der Waals surface area contributed by atoms with Gasteiger partial charge in [0.2, 0.25) is 5.91 Å². The zero-order valence-corrected chi connectivity index (χ0v) is 20.2. The van der Waals surface area contributed by atoms with Gasteiger partial charge in [0, 0.05) is 37.2 Å². The van der Waals surface area contributed by atoms with Crippen molar-refractivity contribution in [2.75, 3.05) is 32.1 Å². The molecule has 2 aliphatic rings. The zero-order valence-electron chi connectivity index (χ0n) is 20.2. The van der Waals surface area contributed by atoms with Crippen LogP contribution in [0.3, 0.4) is 0 Å². The third-order valence-corrected chi connectivity index (χ3v) is 6.67. The highest BCUT2D eigenvalue weighted by molar-refractivity contribution is 6.00. The first kappa shape index (κ1) is 24.2. The third-order valence-electron chi connectivity index (χ3n) is 6.67. The number of fused-ring (bicyclic) bond motifs is 1. The van der Waals surface area contributed by atoms with E-state index in [-0.39, 0.29) is 42.4 Å². The van der Waals surface area contributed by atoms with Gasteiger partial charge in [0.15, 0.2) is 0 Å². The van der Waals surface area contributed by atoms with Gasteiger partial charge in [-0.05, 0) is 50.6 Å². The molecule has 2 amide bonds. The standard InChI is InChI=1S/C27H35N3O4/c1-18-14-30(19(2)17-31)27(33)23-13-22(28-26(32)21-9-10-21)11-12-24(23)34-25(18)16-29(3)15-20-7-5-4-6-8-20/h4-8,11-13,18-19,21,25,31H,9-10,14-17H2,1-3H3,(H,28,32)/t18-,19-,25+/m0/s1. The van der Waals surface area contributed by atoms with Crippen LogP contribution in [0.1, 0.15) is 42.6 Å². The van der Waals surface area contributed by atoms with Crippen LogP contribution < -0.4 is 10.1 Å². The summed E-state index contributed by atoms with van der Waals surface area (Å²) in [6.45, 7) is 5.77. The molecule has 0 spiro atoms. The van der Waals surface area contributed by atoms with Gasteiger partial charge in [-0.25, -0.2) is 0 Å². The van der Waals surface area contributed by atoms with Crippen LogP contribution in [0.25, 0.3) is 0 Å². The quantitative estimate of drug-likeness (QED) is 0.625. The maximum atomic E-state index is 13.5. The Morgan fingerprint density at radius 1 is 1.24 bits per heavy atom. The van der Waals surface area contributed by atoms with Gasteiger partial charge in [-0.2, -0.15) is 0 Å². The molecule has 0 radical (unpaired) electrons. The van der Waals surface area contributed by atoms with Crippen LogP contribution in [0.4, 0.5) is 5.69 Å². The van der Waals surface area contributed by atoms with Gasteiger partial charge in [0.1, 0.15) is 11.9 Å². The van der Waals surface area contributed by atoms with Crippen molar-refractivity contribution in [1.82, 2.24) is 9.80 Å². The molecular weight excluding hydrogens is 430 g/mol. The Balaban J connectivity index is 1.58. The first-order valence-corrected chi connectivity index (χ1v) is 12.1. The number of hydrogen-bond donors (Lipinski definition) is 2. The van der Waals surface area contributed by atoms with E-state index in [1.807, 2.05) is 25.1 Å². The number of aliphatic hydroxyl groups is 1. The van der Waals surface area contributed by atoms with E-state index in [4.69, 9.17) is 4.74 Å². The fraction of sp³-hybridized carbons (Fsp3) is 0.481. The van der Waals surface area contributed by atoms with Crippen LogP contribution in [-0.2, 0) is 11.3 Å². The van der Waals surface area contributed by atoms with Crippen molar-refractivity contribution in [3.05, 3.63) is 59.7 Å². The number of likely N-dealkylation sites (N-methyl/N-ethyl adjacent to an activating group) is 1. The molecule has 2 N–H and O–H groups in total. The number of carbonyl (C=O) groups excluding carboxylic acids is 2. The Morgan fingerprint density at radius 3 is 2.65 bits per heavy atom. The summed E-state index contributed by atoms with van der Waals surface area (Å²) in [6.07, 6.45) is 1.67. The number of carbonyl (C=O) groups is 2. The topological polar surface area (TPSA) is 82.1 Å². The van der Waals surface area contributed by atoms with Crippen LogP contribution in [-0.4, -0.2) is 65.6 Å². The normalized spacial score (nSPS) is 21.3. The SMILES string of the molecule is C[C@H]1CN([C@@H](C)CO)C(=O)c2cc(NC(=O)C3CC3)ccc2O[C@@H]1CN(C)Cc1ccccc1. The lowest BCUT2D eigenvalue weighted by atomic mass is 9.99. The van der Waals surface area contributed by atoms with Gasteiger partial charge in [-0.1, -0.05) is 37.3 Å². The highest BCUT2D eigenvalue weighted by Crippen LogP contribution is 2.33. The van der Waals surface area contributed by atoms with E-state index in [2.05, 4.69) is 36.3 Å². The predicted octanol–water partition coefficient (Wildman–Crippen LogP) is 3.39. The smallest absolute Gasteiger partial charge is 0.258 e. The number of ether oxygens (including phenoxy) is 1. The Labute approximate surface area is 201 Å². The minimum absolute atomic E-state index is 0.00576. The van der Waals surface area contributed by atoms with Crippen LogP contribution in [0, 0.1) is 11.8 Å². The predicted molar refractivity (Wildman–Crippen MR) is 132 cm³/mol. The van der Waals surface area contributed by atoms with Gasteiger partial charge < -0.3 is 20.1 Å². The van der Waals surface area contributed by atoms with Gasteiger partial charge >= 0.3 is 0 Å². The molecule has 34 heavy (non-hydrogen) atoms. The van der Waals surface area contributed by atoms with E-state index in [1.54, 1.807) is 23.1 Å². The molecule has 3 atom stereocenters. The number of aliphatic hydroxyl groups excluding tert-OH is 1. The van der Waals surface area contributed by atoms with Crippen molar-refractivity contribution in [2.45, 2.75) is 45.4 Å². The van der Waals surface area contributed by atoms with Crippen LogP contribution in [0.15, 0.2) is 48.5 Å². The Bertz CT molecular complexity index is 1010. The first-order chi connectivity index (χ1) is 16.4. The molecule has 0 aromatic heterocycles. The molecule has 7 nitrogen and oxygen atoms in total. The molecule has 1 saturated carbocycles. The van der Waals surface area contributed by atoms with Crippen molar-refractivity contribution in [3.8, 4) is 5.75 Å². The molecule has 2 aromatic rings. The van der Waals surface area contributed by atoms with E-state index < -0.39 is 0 Å². The average Bonchev–Trinajstić information content (AvgIpc) is 3.67. The monoisotopic (exact) mass is 465 g/mol. The number of anilines is 1. The van der Waals surface area contributed by atoms with Gasteiger partial charge in [-0.3, -0.25) is 14.5 Å². The molecule has 2 aromatic carbocycles. The number of nitrogens with one attached hydrogen (secondary N) is 1. The minimum atomic E-state index is -0.326. The summed E-state index contributed by atoms with van der Waals surface area (Å²) in [4.78, 5) is 29.7. The summed E-state index contributed by atoms with van der Waals surface area (Å²) < 4.78 is 6.45. The highest BCUT2D eigenvalue weighted by Gasteiger charge is 2.34. The van der Waals surface area contributed by atoms with Crippen LogP contribution in [0.2, 0.25) is 0 Å². The zero-order chi connectivity index (χ0) is 24.2. The summed E-state index contributed by atoms with van der Waals surface area (Å²) in [5, 5.41) is 12.8. The maximum absolute atomic E-state index is 13.5. The average molecular weight is 466 g/mol. The van der Waals surface area contributed by atoms with Crippen LogP contribution >= 0.6 is 0 Å². The molecular formula is C27H35N3O4. The molecule has 182 valence electrons. The van der Waals surface area contributed by atoms with Gasteiger partial charge in [-0.15, -0.1) is 0 Å². The fourth-order valence-electron chi connectivity index (χ4n) is 4.37. The number of hydrogen-bond acceptors (Lipinski definition) is 5. The first-order valence-electron chi connectivity index (χ1n) is 12.1. The second-order valence-corrected chi connectivity index (χ2v) is 9.78. The lowest BCUT2D eigenvalue weighted by Crippen LogP contribution is -2.49.